The van der Waals surface area contributed by atoms with Gasteiger partial charge in [0.2, 0.25) is 5.91 Å². The summed E-state index contributed by atoms with van der Waals surface area (Å²) in [7, 11) is 0. The molecule has 0 atom stereocenters. The van der Waals surface area contributed by atoms with Gasteiger partial charge in [-0.05, 0) is 75.4 Å². The number of piperidine rings is 2. The fraction of sp³-hybridized carbons (Fsp3) is 0.600. The molecule has 2 N–H and O–H groups in total. The molecule has 2 saturated heterocycles. The molecule has 2 heterocycles. The summed E-state index contributed by atoms with van der Waals surface area (Å²) in [6.45, 7) is 3.52. The number of hydrogen-bond acceptors (Lipinski definition) is 3. The van der Waals surface area contributed by atoms with Crippen LogP contribution in [0.2, 0.25) is 0 Å². The molecule has 1 aromatic carbocycles. The molecule has 142 valence electrons. The lowest BCUT2D eigenvalue weighted by Crippen LogP contribution is -2.46. The SMILES string of the molecule is O=C(NC1CCN(C(=O)CCC2CCNCC2)CC1)c1ccc(F)cc1. The monoisotopic (exact) mass is 361 g/mol. The molecule has 1 aromatic rings. The number of halogens is 1. The molecule has 3 rings (SSSR count). The first-order chi connectivity index (χ1) is 12.6. The molecule has 5 nitrogen and oxygen atoms in total. The molecule has 0 aromatic heterocycles. The zero-order valence-corrected chi connectivity index (χ0v) is 15.2. The highest BCUT2D eigenvalue weighted by Gasteiger charge is 2.24. The second kappa shape index (κ2) is 9.12. The van der Waals surface area contributed by atoms with Crippen LogP contribution in [0.25, 0.3) is 0 Å². The van der Waals surface area contributed by atoms with Crippen molar-refractivity contribution in [3.05, 3.63) is 35.6 Å². The first-order valence-electron chi connectivity index (χ1n) is 9.67. The quantitative estimate of drug-likeness (QED) is 0.846. The van der Waals surface area contributed by atoms with Crippen molar-refractivity contribution in [2.75, 3.05) is 26.2 Å². The van der Waals surface area contributed by atoms with Crippen LogP contribution in [0.5, 0.6) is 0 Å². The average Bonchev–Trinajstić information content (AvgIpc) is 2.68. The van der Waals surface area contributed by atoms with Gasteiger partial charge in [0.05, 0.1) is 0 Å². The van der Waals surface area contributed by atoms with Crippen molar-refractivity contribution >= 4 is 11.8 Å². The lowest BCUT2D eigenvalue weighted by molar-refractivity contribution is -0.132. The van der Waals surface area contributed by atoms with Gasteiger partial charge in [0, 0.05) is 31.1 Å². The van der Waals surface area contributed by atoms with Gasteiger partial charge in [0.25, 0.3) is 5.91 Å². The van der Waals surface area contributed by atoms with E-state index in [2.05, 4.69) is 10.6 Å². The Kier molecular flexibility index (Phi) is 6.61. The third-order valence-corrected chi connectivity index (χ3v) is 5.51. The van der Waals surface area contributed by atoms with Crippen molar-refractivity contribution in [1.82, 2.24) is 15.5 Å². The Bertz CT molecular complexity index is 606. The number of benzene rings is 1. The summed E-state index contributed by atoms with van der Waals surface area (Å²) in [6.07, 6.45) is 5.51. The Labute approximate surface area is 154 Å². The lowest BCUT2D eigenvalue weighted by atomic mass is 9.93. The second-order valence-electron chi connectivity index (χ2n) is 7.37. The van der Waals surface area contributed by atoms with Gasteiger partial charge in [-0.15, -0.1) is 0 Å². The fourth-order valence-electron chi connectivity index (χ4n) is 3.80. The van der Waals surface area contributed by atoms with Crippen LogP contribution >= 0.6 is 0 Å². The van der Waals surface area contributed by atoms with E-state index in [0.717, 1.165) is 32.4 Å². The summed E-state index contributed by atoms with van der Waals surface area (Å²) in [5.74, 6) is 0.387. The zero-order valence-electron chi connectivity index (χ0n) is 15.2. The Morgan fingerprint density at radius 1 is 1.08 bits per heavy atom. The van der Waals surface area contributed by atoms with Crippen LogP contribution < -0.4 is 10.6 Å². The van der Waals surface area contributed by atoms with Crippen molar-refractivity contribution in [3.8, 4) is 0 Å². The molecule has 0 aliphatic carbocycles. The van der Waals surface area contributed by atoms with Gasteiger partial charge in [-0.2, -0.15) is 0 Å². The molecule has 2 fully saturated rings. The Morgan fingerprint density at radius 2 is 1.73 bits per heavy atom. The highest BCUT2D eigenvalue weighted by molar-refractivity contribution is 5.94. The predicted octanol–water partition coefficient (Wildman–Crippen LogP) is 2.33. The molecule has 26 heavy (non-hydrogen) atoms. The highest BCUT2D eigenvalue weighted by Crippen LogP contribution is 2.20. The van der Waals surface area contributed by atoms with Crippen molar-refractivity contribution in [1.29, 1.82) is 0 Å². The van der Waals surface area contributed by atoms with E-state index in [1.54, 1.807) is 0 Å². The first kappa shape index (κ1) is 18.8. The third-order valence-electron chi connectivity index (χ3n) is 5.51. The molecule has 0 unspecified atom stereocenters. The summed E-state index contributed by atoms with van der Waals surface area (Å²) in [5, 5.41) is 6.34. The maximum absolute atomic E-state index is 12.9. The van der Waals surface area contributed by atoms with E-state index >= 15 is 0 Å². The van der Waals surface area contributed by atoms with Crippen molar-refractivity contribution in [2.24, 2.45) is 5.92 Å². The smallest absolute Gasteiger partial charge is 0.251 e. The van der Waals surface area contributed by atoms with Crippen LogP contribution in [0.4, 0.5) is 4.39 Å². The number of carbonyl (C=O) groups excluding carboxylic acids is 2. The summed E-state index contributed by atoms with van der Waals surface area (Å²) >= 11 is 0. The van der Waals surface area contributed by atoms with Crippen LogP contribution in [0.3, 0.4) is 0 Å². The molecule has 0 radical (unpaired) electrons. The van der Waals surface area contributed by atoms with E-state index in [4.69, 9.17) is 0 Å². The molecule has 0 bridgehead atoms. The minimum atomic E-state index is -0.349. The van der Waals surface area contributed by atoms with Gasteiger partial charge >= 0.3 is 0 Å². The normalized spacial score (nSPS) is 19.3. The molecular weight excluding hydrogens is 333 g/mol. The first-order valence-corrected chi connectivity index (χ1v) is 9.67. The fourth-order valence-corrected chi connectivity index (χ4v) is 3.80. The average molecular weight is 361 g/mol. The molecule has 2 amide bonds. The Morgan fingerprint density at radius 3 is 2.38 bits per heavy atom. The zero-order chi connectivity index (χ0) is 18.4. The largest absolute Gasteiger partial charge is 0.349 e. The topological polar surface area (TPSA) is 61.4 Å². The van der Waals surface area contributed by atoms with E-state index in [1.807, 2.05) is 4.90 Å². The van der Waals surface area contributed by atoms with E-state index in [9.17, 15) is 14.0 Å². The van der Waals surface area contributed by atoms with Crippen LogP contribution in [0, 0.1) is 11.7 Å². The van der Waals surface area contributed by atoms with Crippen LogP contribution in [0.15, 0.2) is 24.3 Å². The minimum Gasteiger partial charge on any atom is -0.349 e. The van der Waals surface area contributed by atoms with Crippen molar-refractivity contribution in [2.45, 2.75) is 44.6 Å². The van der Waals surface area contributed by atoms with Gasteiger partial charge in [0.1, 0.15) is 5.82 Å². The van der Waals surface area contributed by atoms with Gasteiger partial charge in [0.15, 0.2) is 0 Å². The summed E-state index contributed by atoms with van der Waals surface area (Å²) in [5.41, 5.74) is 0.465. The number of likely N-dealkylation sites (tertiary alicyclic amines) is 1. The molecular formula is C20H28FN3O2. The lowest BCUT2D eigenvalue weighted by Gasteiger charge is -2.33. The van der Waals surface area contributed by atoms with Gasteiger partial charge in [-0.3, -0.25) is 9.59 Å². The molecule has 0 saturated carbocycles. The number of nitrogens with one attached hydrogen (secondary N) is 2. The van der Waals surface area contributed by atoms with E-state index in [1.165, 1.54) is 37.1 Å². The highest BCUT2D eigenvalue weighted by atomic mass is 19.1. The molecule has 0 spiro atoms. The predicted molar refractivity (Wildman–Crippen MR) is 98.3 cm³/mol. The maximum Gasteiger partial charge on any atom is 0.251 e. The van der Waals surface area contributed by atoms with Crippen LogP contribution in [-0.4, -0.2) is 48.9 Å². The molecule has 2 aliphatic heterocycles. The van der Waals surface area contributed by atoms with Crippen LogP contribution in [-0.2, 0) is 4.79 Å². The summed E-state index contributed by atoms with van der Waals surface area (Å²) in [4.78, 5) is 26.5. The van der Waals surface area contributed by atoms with E-state index in [-0.39, 0.29) is 23.7 Å². The Balaban J connectivity index is 1.38. The maximum atomic E-state index is 12.9. The summed E-state index contributed by atoms with van der Waals surface area (Å²) < 4.78 is 12.9. The van der Waals surface area contributed by atoms with Gasteiger partial charge in [-0.1, -0.05) is 0 Å². The van der Waals surface area contributed by atoms with E-state index < -0.39 is 0 Å². The Hall–Kier alpha value is -1.95. The van der Waals surface area contributed by atoms with Gasteiger partial charge < -0.3 is 15.5 Å². The van der Waals surface area contributed by atoms with Gasteiger partial charge in [-0.25, -0.2) is 4.39 Å². The number of nitrogens with zero attached hydrogens (tertiary/aromatic N) is 1. The van der Waals surface area contributed by atoms with Crippen LogP contribution in [0.1, 0.15) is 48.9 Å². The second-order valence-corrected chi connectivity index (χ2v) is 7.37. The number of amides is 2. The molecule has 6 heteroatoms. The number of carbonyl (C=O) groups is 2. The number of hydrogen-bond donors (Lipinski definition) is 2. The van der Waals surface area contributed by atoms with Crippen molar-refractivity contribution in [3.63, 3.8) is 0 Å². The minimum absolute atomic E-state index is 0.0704. The van der Waals surface area contributed by atoms with Crippen molar-refractivity contribution < 1.29 is 14.0 Å². The standard InChI is InChI=1S/C20H28FN3O2/c21-17-4-2-16(3-5-17)20(26)23-18-9-13-24(14-10-18)19(25)6-1-15-7-11-22-12-8-15/h2-5,15,18,22H,1,6-14H2,(H,23,26). The molecule has 2 aliphatic rings. The van der Waals surface area contributed by atoms with E-state index in [0.29, 0.717) is 31.0 Å². The number of rotatable bonds is 5. The third kappa shape index (κ3) is 5.27. The summed E-state index contributed by atoms with van der Waals surface area (Å²) in [6, 6.07) is 5.63.